The molecule has 0 atom stereocenters. The van der Waals surface area contributed by atoms with Crippen molar-refractivity contribution in [1.29, 1.82) is 0 Å². The molecule has 1 heterocycles. The van der Waals surface area contributed by atoms with Gasteiger partial charge in [0, 0.05) is 22.3 Å². The number of unbranched alkanes of at least 4 members (excludes halogenated alkanes) is 14. The van der Waals surface area contributed by atoms with E-state index in [1.807, 2.05) is 0 Å². The van der Waals surface area contributed by atoms with E-state index in [-0.39, 0.29) is 20.4 Å². The van der Waals surface area contributed by atoms with Crippen LogP contribution in [0.1, 0.15) is 205 Å². The van der Waals surface area contributed by atoms with Gasteiger partial charge in [0.05, 0.1) is 0 Å². The quantitative estimate of drug-likeness (QED) is 0.0438. The van der Waals surface area contributed by atoms with Crippen molar-refractivity contribution in [3.05, 3.63) is 101 Å². The second-order valence-electron chi connectivity index (χ2n) is 14.3. The Bertz CT molecular complexity index is 1210. The van der Waals surface area contributed by atoms with Crippen LogP contribution >= 0.6 is 0 Å². The Balaban J connectivity index is 0.00000140. The molecule has 1 aliphatic heterocycles. The maximum Gasteiger partial charge on any atom is 2.00 e. The topological polar surface area (TPSA) is 25.3 Å². The Morgan fingerprint density at radius 2 is 0.804 bits per heavy atom. The van der Waals surface area contributed by atoms with E-state index in [0.717, 1.165) is 86.7 Å². The van der Waals surface area contributed by atoms with Gasteiger partial charge in [0.1, 0.15) is 0 Å². The molecule has 2 aromatic rings. The van der Waals surface area contributed by atoms with Gasteiger partial charge in [-0.15, -0.1) is 0 Å². The third-order valence-corrected chi connectivity index (χ3v) is 9.67. The number of nitrogens with zero attached hydrogens (tertiary/aromatic N) is 2. The van der Waals surface area contributed by atoms with Crippen molar-refractivity contribution in [3.63, 3.8) is 0 Å². The summed E-state index contributed by atoms with van der Waals surface area (Å²) in [6.07, 6.45) is 29.4. The zero-order chi connectivity index (χ0) is 36.8. The number of allylic oxidation sites excluding steroid dienone is 2. The third kappa shape index (κ3) is 19.7. The van der Waals surface area contributed by atoms with Crippen molar-refractivity contribution in [1.82, 2.24) is 0 Å². The fraction of sp³-hybridized carbons (Fsp3) is 0.625. The molecule has 0 spiro atoms. The van der Waals surface area contributed by atoms with E-state index in [4.69, 9.17) is 0 Å². The molecule has 3 heteroatoms. The van der Waals surface area contributed by atoms with E-state index >= 15 is 0 Å². The van der Waals surface area contributed by atoms with E-state index in [9.17, 15) is 5.53 Å². The number of aryl methyl sites for hydroxylation is 2. The number of rotatable bonds is 24. The molecule has 0 radical (unpaired) electrons. The van der Waals surface area contributed by atoms with Gasteiger partial charge >= 0.3 is 20.4 Å². The zero-order valence-corrected chi connectivity index (χ0v) is 35.8. The van der Waals surface area contributed by atoms with Gasteiger partial charge in [0.2, 0.25) is 11.4 Å². The van der Waals surface area contributed by atoms with Crippen molar-refractivity contribution in [3.8, 4) is 0 Å². The Morgan fingerprint density at radius 1 is 0.451 bits per heavy atom. The minimum absolute atomic E-state index is 0. The number of benzene rings is 2. The molecule has 0 bridgehead atoms. The Morgan fingerprint density at radius 3 is 1.18 bits per heavy atom. The van der Waals surface area contributed by atoms with E-state index < -0.39 is 0 Å². The predicted molar refractivity (Wildman–Crippen MR) is 224 cm³/mol. The van der Waals surface area contributed by atoms with Gasteiger partial charge < -0.3 is 19.4 Å². The summed E-state index contributed by atoms with van der Waals surface area (Å²) >= 11 is 0. The van der Waals surface area contributed by atoms with Crippen LogP contribution in [-0.2, 0) is 33.3 Å². The van der Waals surface area contributed by atoms with Gasteiger partial charge in [-0.05, 0) is 86.8 Å². The van der Waals surface area contributed by atoms with E-state index in [1.54, 1.807) is 4.70 Å². The van der Waals surface area contributed by atoms with Gasteiger partial charge in [-0.25, -0.2) is 4.70 Å². The SMILES string of the molecule is CCCCCCc1cccc(C2=C(CCCC)C(CCCC)=C(c3cccc(CCCC)c3)[N+]2=[N-])c1.[CH2-]CCCCCC.[CH2-]CCCCCC.[Pd+2]. The molecule has 51 heavy (non-hydrogen) atoms. The van der Waals surface area contributed by atoms with Crippen LogP contribution in [0.2, 0.25) is 0 Å². The summed E-state index contributed by atoms with van der Waals surface area (Å²) in [5, 5.41) is 0. The molecule has 0 saturated carbocycles. The van der Waals surface area contributed by atoms with Crippen LogP contribution in [-0.4, -0.2) is 4.70 Å². The Hall–Kier alpha value is -1.82. The normalized spacial score (nSPS) is 12.4. The molecule has 0 aromatic heterocycles. The van der Waals surface area contributed by atoms with Crippen LogP contribution in [0, 0.1) is 13.8 Å². The van der Waals surface area contributed by atoms with Gasteiger partial charge in [-0.1, -0.05) is 156 Å². The van der Waals surface area contributed by atoms with Gasteiger partial charge in [0.15, 0.2) is 0 Å². The Labute approximate surface area is 331 Å². The van der Waals surface area contributed by atoms with Gasteiger partial charge in [-0.3, -0.25) is 0 Å². The molecular weight excluding hydrogens is 711 g/mol. The first-order valence-electron chi connectivity index (χ1n) is 21.2. The van der Waals surface area contributed by atoms with Crippen LogP contribution in [0.4, 0.5) is 0 Å². The second-order valence-corrected chi connectivity index (χ2v) is 14.3. The minimum atomic E-state index is 0. The van der Waals surface area contributed by atoms with Crippen molar-refractivity contribution in [2.24, 2.45) is 0 Å². The first-order valence-corrected chi connectivity index (χ1v) is 21.2. The summed E-state index contributed by atoms with van der Waals surface area (Å²) in [6.45, 7) is 21.0. The second kappa shape index (κ2) is 32.8. The maximum absolute atomic E-state index is 11.8. The van der Waals surface area contributed by atoms with E-state index in [2.05, 4.69) is 104 Å². The molecule has 1 aliphatic rings. The molecule has 0 saturated heterocycles. The molecule has 2 nitrogen and oxygen atoms in total. The molecular formula is C48H78N2Pd. The molecule has 0 fully saturated rings. The largest absolute Gasteiger partial charge is 2.00 e. The first-order chi connectivity index (χ1) is 24.5. The summed E-state index contributed by atoms with van der Waals surface area (Å²) < 4.78 is 1.55. The smallest absolute Gasteiger partial charge is 0.493 e. The molecule has 3 rings (SSSR count). The predicted octanol–water partition coefficient (Wildman–Crippen LogP) is 16.3. The molecule has 0 amide bonds. The molecule has 0 unspecified atom stereocenters. The number of hydrogen-bond acceptors (Lipinski definition) is 0. The summed E-state index contributed by atoms with van der Waals surface area (Å²) in [4.78, 5) is 0. The summed E-state index contributed by atoms with van der Waals surface area (Å²) in [5.41, 5.74) is 21.6. The number of hydrogen-bond donors (Lipinski definition) is 0. The van der Waals surface area contributed by atoms with Crippen LogP contribution in [0.15, 0.2) is 59.7 Å². The van der Waals surface area contributed by atoms with Crippen LogP contribution in [0.25, 0.3) is 16.9 Å². The van der Waals surface area contributed by atoms with Crippen molar-refractivity contribution >= 4 is 11.4 Å². The summed E-state index contributed by atoms with van der Waals surface area (Å²) in [6, 6.07) is 17.8. The van der Waals surface area contributed by atoms with Gasteiger partial charge in [0.25, 0.3) is 0 Å². The fourth-order valence-electron chi connectivity index (χ4n) is 6.58. The molecule has 290 valence electrons. The maximum atomic E-state index is 11.8. The van der Waals surface area contributed by atoms with Crippen LogP contribution < -0.4 is 0 Å². The van der Waals surface area contributed by atoms with E-state index in [1.165, 1.54) is 112 Å². The fourth-order valence-corrected chi connectivity index (χ4v) is 6.58. The monoisotopic (exact) mass is 789 g/mol. The minimum Gasteiger partial charge on any atom is -0.493 e. The van der Waals surface area contributed by atoms with Crippen molar-refractivity contribution in [2.45, 2.75) is 196 Å². The standard InChI is InChI=1S/C34H48N2.2C7H15.Pd/c1-5-9-13-14-18-28-20-16-22-30(26-28)34-32(24-12-8-4)31(23-11-7-3)33(36(34)35)29-21-15-19-27(25-29)17-10-6-2;2*1-3-5-7-6-4-2;/h15-16,19-22,25-26H,5-14,17-18,23-24H2,1-4H3;2*1,3-7H2,2H3;/q;2*-1;+2. The Kier molecular flexibility index (Phi) is 31.6. The zero-order valence-electron chi connectivity index (χ0n) is 34.2. The molecule has 0 N–H and O–H groups in total. The average Bonchev–Trinajstić information content (AvgIpc) is 3.42. The van der Waals surface area contributed by atoms with Gasteiger partial charge in [-0.2, -0.15) is 12.8 Å². The van der Waals surface area contributed by atoms with Crippen LogP contribution in [0.3, 0.4) is 0 Å². The third-order valence-electron chi connectivity index (χ3n) is 9.67. The van der Waals surface area contributed by atoms with Crippen molar-refractivity contribution < 1.29 is 25.1 Å². The summed E-state index contributed by atoms with van der Waals surface area (Å²) in [5.74, 6) is 0. The van der Waals surface area contributed by atoms with Crippen molar-refractivity contribution in [2.75, 3.05) is 0 Å². The summed E-state index contributed by atoms with van der Waals surface area (Å²) in [7, 11) is 0. The van der Waals surface area contributed by atoms with Crippen LogP contribution in [0.5, 0.6) is 0 Å². The van der Waals surface area contributed by atoms with E-state index in [0.29, 0.717) is 0 Å². The molecule has 0 aliphatic carbocycles. The average molecular weight is 790 g/mol. The molecule has 2 aromatic carbocycles. The first kappa shape index (κ1) is 49.2.